The fourth-order valence-corrected chi connectivity index (χ4v) is 2.68. The van der Waals surface area contributed by atoms with Crippen LogP contribution in [0, 0.1) is 0 Å². The molecule has 0 aliphatic carbocycles. The maximum Gasteiger partial charge on any atom is 0.244 e. The van der Waals surface area contributed by atoms with Gasteiger partial charge < -0.3 is 24.4 Å². The third-order valence-electron chi connectivity index (χ3n) is 4.40. The van der Waals surface area contributed by atoms with Crippen molar-refractivity contribution in [3.63, 3.8) is 0 Å². The zero-order valence-corrected chi connectivity index (χ0v) is 17.8. The van der Waals surface area contributed by atoms with Crippen LogP contribution in [0.5, 0.6) is 17.2 Å². The maximum absolute atomic E-state index is 12.5. The van der Waals surface area contributed by atoms with Crippen molar-refractivity contribution in [3.05, 3.63) is 60.2 Å². The summed E-state index contributed by atoms with van der Waals surface area (Å²) in [5.41, 5.74) is 0.857. The third kappa shape index (κ3) is 6.84. The topological polar surface area (TPSA) is 77.1 Å². The molecule has 0 fully saturated rings. The van der Waals surface area contributed by atoms with Gasteiger partial charge >= 0.3 is 0 Å². The van der Waals surface area contributed by atoms with Gasteiger partial charge in [0.15, 0.2) is 11.5 Å². The lowest BCUT2D eigenvalue weighted by molar-refractivity contribution is -0.134. The Bertz CT molecular complexity index is 864. The number of hydrogen-bond acceptors (Lipinski definition) is 5. The number of benzene rings is 2. The first-order valence-electron chi connectivity index (χ1n) is 9.58. The molecule has 7 nitrogen and oxygen atoms in total. The lowest BCUT2D eigenvalue weighted by Gasteiger charge is -2.22. The van der Waals surface area contributed by atoms with Crippen LogP contribution in [0.1, 0.15) is 12.5 Å². The van der Waals surface area contributed by atoms with E-state index < -0.39 is 6.04 Å². The fourth-order valence-electron chi connectivity index (χ4n) is 2.68. The van der Waals surface area contributed by atoms with Crippen LogP contribution in [0.2, 0.25) is 0 Å². The van der Waals surface area contributed by atoms with Gasteiger partial charge in [0.05, 0.1) is 20.8 Å². The van der Waals surface area contributed by atoms with Gasteiger partial charge in [-0.3, -0.25) is 9.59 Å². The van der Waals surface area contributed by atoms with Crippen molar-refractivity contribution in [1.29, 1.82) is 0 Å². The second-order valence-electron chi connectivity index (χ2n) is 6.60. The highest BCUT2D eigenvalue weighted by Gasteiger charge is 2.18. The van der Waals surface area contributed by atoms with E-state index in [-0.39, 0.29) is 11.8 Å². The summed E-state index contributed by atoms with van der Waals surface area (Å²) in [5.74, 6) is 1.45. The first kappa shape index (κ1) is 22.8. The maximum atomic E-state index is 12.5. The number of carbonyl (C=O) groups excluding carboxylic acids is 2. The number of carbonyl (C=O) groups is 2. The molecule has 0 bridgehead atoms. The third-order valence-corrected chi connectivity index (χ3v) is 4.40. The van der Waals surface area contributed by atoms with Gasteiger partial charge in [-0.15, -0.1) is 0 Å². The van der Waals surface area contributed by atoms with Crippen molar-refractivity contribution in [1.82, 2.24) is 10.2 Å². The summed E-state index contributed by atoms with van der Waals surface area (Å²) in [6.07, 6.45) is 3.08. The molecule has 0 saturated heterocycles. The minimum absolute atomic E-state index is 0.204. The normalized spacial score (nSPS) is 11.6. The van der Waals surface area contributed by atoms with Crippen molar-refractivity contribution in [3.8, 4) is 17.2 Å². The number of methoxy groups -OCH3 is 2. The van der Waals surface area contributed by atoms with E-state index >= 15 is 0 Å². The summed E-state index contributed by atoms with van der Waals surface area (Å²) in [5, 5.41) is 2.68. The molecular formula is C23H28N2O5. The van der Waals surface area contributed by atoms with E-state index in [2.05, 4.69) is 5.32 Å². The molecule has 2 aromatic rings. The van der Waals surface area contributed by atoms with E-state index in [0.29, 0.717) is 24.7 Å². The second kappa shape index (κ2) is 11.5. The van der Waals surface area contributed by atoms with E-state index in [1.54, 1.807) is 46.4 Å². The molecule has 0 saturated carbocycles. The summed E-state index contributed by atoms with van der Waals surface area (Å²) in [4.78, 5) is 26.1. The fraction of sp³-hybridized carbons (Fsp3) is 0.304. The van der Waals surface area contributed by atoms with Crippen molar-refractivity contribution in [2.75, 3.05) is 34.4 Å². The van der Waals surface area contributed by atoms with Crippen molar-refractivity contribution in [2.45, 2.75) is 13.0 Å². The highest BCUT2D eigenvalue weighted by molar-refractivity contribution is 5.95. The van der Waals surface area contributed by atoms with E-state index in [9.17, 15) is 9.59 Å². The SMILES string of the molecule is COc1ccc(C=CC(=O)NC(C)C(=O)N(C)CCOc2ccccc2OC)cc1. The Hall–Kier alpha value is -3.48. The Kier molecular flexibility index (Phi) is 8.75. The van der Waals surface area contributed by atoms with Crippen molar-refractivity contribution >= 4 is 17.9 Å². The van der Waals surface area contributed by atoms with Crippen LogP contribution in [0.15, 0.2) is 54.6 Å². The summed E-state index contributed by atoms with van der Waals surface area (Å²) < 4.78 is 16.0. The first-order chi connectivity index (χ1) is 14.4. The van der Waals surface area contributed by atoms with Gasteiger partial charge in [-0.25, -0.2) is 0 Å². The Labute approximate surface area is 177 Å². The molecule has 0 radical (unpaired) electrons. The van der Waals surface area contributed by atoms with Crippen molar-refractivity contribution in [2.24, 2.45) is 0 Å². The van der Waals surface area contributed by atoms with Gasteiger partial charge in [-0.05, 0) is 42.8 Å². The van der Waals surface area contributed by atoms with Crippen LogP contribution in [0.3, 0.4) is 0 Å². The van der Waals surface area contributed by atoms with Crippen LogP contribution < -0.4 is 19.5 Å². The molecule has 30 heavy (non-hydrogen) atoms. The van der Waals surface area contributed by atoms with Crippen molar-refractivity contribution < 1.29 is 23.8 Å². The van der Waals surface area contributed by atoms with Gasteiger partial charge in [0.25, 0.3) is 0 Å². The Balaban J connectivity index is 1.79. The summed E-state index contributed by atoms with van der Waals surface area (Å²) in [6.45, 7) is 2.33. The number of nitrogens with one attached hydrogen (secondary N) is 1. The highest BCUT2D eigenvalue weighted by Crippen LogP contribution is 2.25. The molecule has 160 valence electrons. The highest BCUT2D eigenvalue weighted by atomic mass is 16.5. The molecular weight excluding hydrogens is 384 g/mol. The second-order valence-corrected chi connectivity index (χ2v) is 6.60. The lowest BCUT2D eigenvalue weighted by atomic mass is 10.2. The number of likely N-dealkylation sites (N-methyl/N-ethyl adjacent to an activating group) is 1. The summed E-state index contributed by atoms with van der Waals surface area (Å²) >= 11 is 0. The number of rotatable bonds is 10. The molecule has 2 aromatic carbocycles. The molecule has 2 amide bonds. The quantitative estimate of drug-likeness (QED) is 0.607. The smallest absolute Gasteiger partial charge is 0.244 e. The number of amides is 2. The molecule has 1 unspecified atom stereocenters. The van der Waals surface area contributed by atoms with E-state index in [1.165, 1.54) is 11.0 Å². The van der Waals surface area contributed by atoms with E-state index in [0.717, 1.165) is 11.3 Å². The van der Waals surface area contributed by atoms with Gasteiger partial charge in [0, 0.05) is 13.1 Å². The number of hydrogen-bond donors (Lipinski definition) is 1. The molecule has 7 heteroatoms. The largest absolute Gasteiger partial charge is 0.497 e. The summed E-state index contributed by atoms with van der Waals surface area (Å²) in [7, 11) is 4.84. The van der Waals surface area contributed by atoms with E-state index in [1.807, 2.05) is 36.4 Å². The van der Waals surface area contributed by atoms with Gasteiger partial charge in [0.1, 0.15) is 18.4 Å². The monoisotopic (exact) mass is 412 g/mol. The zero-order chi connectivity index (χ0) is 21.9. The molecule has 1 atom stereocenters. The molecule has 0 spiro atoms. The summed E-state index contributed by atoms with van der Waals surface area (Å²) in [6, 6.07) is 14.0. The molecule has 0 aromatic heterocycles. The molecule has 1 N–H and O–H groups in total. The van der Waals surface area contributed by atoms with Crippen LogP contribution in [-0.4, -0.2) is 57.2 Å². The average Bonchev–Trinajstić information content (AvgIpc) is 2.77. The molecule has 0 aliphatic rings. The number of nitrogens with zero attached hydrogens (tertiary/aromatic N) is 1. The molecule has 0 heterocycles. The minimum Gasteiger partial charge on any atom is -0.497 e. The standard InChI is InChI=1S/C23H28N2O5/c1-17(24-22(26)14-11-18-9-12-19(28-3)13-10-18)23(27)25(2)15-16-30-21-8-6-5-7-20(21)29-4/h5-14,17H,15-16H2,1-4H3,(H,24,26). The van der Waals surface area contributed by atoms with Crippen LogP contribution in [-0.2, 0) is 9.59 Å². The Morgan fingerprint density at radius 2 is 1.70 bits per heavy atom. The van der Waals surface area contributed by atoms with Gasteiger partial charge in [0.2, 0.25) is 11.8 Å². The number of ether oxygens (including phenoxy) is 3. The predicted octanol–water partition coefficient (Wildman–Crippen LogP) is 2.76. The molecule has 0 aliphatic heterocycles. The predicted molar refractivity (Wildman–Crippen MR) is 116 cm³/mol. The first-order valence-corrected chi connectivity index (χ1v) is 9.58. The van der Waals surface area contributed by atoms with Gasteiger partial charge in [-0.1, -0.05) is 24.3 Å². The lowest BCUT2D eigenvalue weighted by Crippen LogP contribution is -2.46. The Morgan fingerprint density at radius 1 is 1.03 bits per heavy atom. The molecule has 2 rings (SSSR count). The Morgan fingerprint density at radius 3 is 2.33 bits per heavy atom. The number of para-hydroxylation sites is 2. The average molecular weight is 412 g/mol. The van der Waals surface area contributed by atoms with E-state index in [4.69, 9.17) is 14.2 Å². The van der Waals surface area contributed by atoms with Crippen LogP contribution in [0.4, 0.5) is 0 Å². The minimum atomic E-state index is -0.658. The van der Waals surface area contributed by atoms with Crippen LogP contribution >= 0.6 is 0 Å². The van der Waals surface area contributed by atoms with Gasteiger partial charge in [-0.2, -0.15) is 0 Å². The van der Waals surface area contributed by atoms with Crippen LogP contribution in [0.25, 0.3) is 6.08 Å². The zero-order valence-electron chi connectivity index (χ0n) is 17.8.